The number of nitrogens with zero attached hydrogens (tertiary/aromatic N) is 2. The summed E-state index contributed by atoms with van der Waals surface area (Å²) in [5, 5.41) is 8.34. The zero-order chi connectivity index (χ0) is 17.4. The van der Waals surface area contributed by atoms with Crippen molar-refractivity contribution in [3.63, 3.8) is 0 Å². The van der Waals surface area contributed by atoms with Gasteiger partial charge in [-0.1, -0.05) is 12.1 Å². The van der Waals surface area contributed by atoms with E-state index in [9.17, 15) is 4.79 Å². The summed E-state index contributed by atoms with van der Waals surface area (Å²) in [7, 11) is 1.55. The largest absolute Gasteiger partial charge is 0.496 e. The normalized spacial score (nSPS) is 10.8. The molecule has 2 N–H and O–H groups in total. The molecule has 2 heterocycles. The fourth-order valence-electron chi connectivity index (χ4n) is 2.75. The molecule has 3 rings (SSSR count). The smallest absolute Gasteiger partial charge is 0.246 e. The van der Waals surface area contributed by atoms with E-state index in [1.165, 1.54) is 4.57 Å². The Morgan fingerprint density at radius 1 is 1.33 bits per heavy atom. The van der Waals surface area contributed by atoms with Crippen LogP contribution in [0.3, 0.4) is 0 Å². The predicted molar refractivity (Wildman–Crippen MR) is 94.8 cm³/mol. The van der Waals surface area contributed by atoms with Crippen LogP contribution >= 0.6 is 12.2 Å². The van der Waals surface area contributed by atoms with Crippen LogP contribution in [0.1, 0.15) is 21.6 Å². The molecule has 3 aromatic rings. The van der Waals surface area contributed by atoms with Crippen molar-refractivity contribution in [2.24, 2.45) is 0 Å². The van der Waals surface area contributed by atoms with Crippen LogP contribution in [0.25, 0.3) is 11.0 Å². The summed E-state index contributed by atoms with van der Waals surface area (Å²) < 4.78 is 7.05. The number of imidazole rings is 1. The van der Waals surface area contributed by atoms with Gasteiger partial charge in [0, 0.05) is 17.3 Å². The minimum absolute atomic E-state index is 0.189. The number of methoxy groups -OCH3 is 1. The lowest BCUT2D eigenvalue weighted by Crippen LogP contribution is -2.24. The molecule has 0 fully saturated rings. The number of aryl methyl sites for hydroxylation is 1. The zero-order valence-corrected chi connectivity index (χ0v) is 14.3. The molecule has 122 valence electrons. The molecule has 0 saturated heterocycles. The summed E-state index contributed by atoms with van der Waals surface area (Å²) >= 11 is 5.27. The first-order valence-corrected chi connectivity index (χ1v) is 7.70. The van der Waals surface area contributed by atoms with Gasteiger partial charge in [0.25, 0.3) is 0 Å². The molecule has 0 aliphatic carbocycles. The van der Waals surface area contributed by atoms with E-state index in [4.69, 9.17) is 22.4 Å². The van der Waals surface area contributed by atoms with Crippen molar-refractivity contribution >= 4 is 34.9 Å². The molecular weight excluding hydrogens is 324 g/mol. The number of para-hydroxylation sites is 2. The lowest BCUT2D eigenvalue weighted by molar-refractivity contribution is 0.105. The van der Waals surface area contributed by atoms with Crippen molar-refractivity contribution < 1.29 is 9.53 Å². The van der Waals surface area contributed by atoms with Crippen LogP contribution in [-0.2, 0) is 0 Å². The molecule has 0 saturated carbocycles. The summed E-state index contributed by atoms with van der Waals surface area (Å²) in [6, 6.07) is 7.34. The molecule has 0 unspecified atom stereocenters. The monoisotopic (exact) mass is 340 g/mol. The van der Waals surface area contributed by atoms with Gasteiger partial charge >= 0.3 is 0 Å². The SMILES string of the molecule is COc1c(C)cnc(C(=O)C(=N)n2c(=S)[nH]c3ccccc32)c1C. The number of aromatic amines is 1. The number of H-pyrrole nitrogens is 1. The van der Waals surface area contributed by atoms with E-state index < -0.39 is 5.78 Å². The first-order valence-electron chi connectivity index (χ1n) is 7.29. The third-order valence-corrected chi connectivity index (χ3v) is 4.17. The number of fused-ring (bicyclic) bond motifs is 1. The average molecular weight is 340 g/mol. The molecule has 0 atom stereocenters. The number of ether oxygens (including phenoxy) is 1. The van der Waals surface area contributed by atoms with Crippen molar-refractivity contribution in [1.29, 1.82) is 5.41 Å². The Kier molecular flexibility index (Phi) is 4.02. The van der Waals surface area contributed by atoms with Gasteiger partial charge < -0.3 is 9.72 Å². The predicted octanol–water partition coefficient (Wildman–Crippen LogP) is 3.43. The van der Waals surface area contributed by atoms with E-state index in [1.807, 2.05) is 25.1 Å². The highest BCUT2D eigenvalue weighted by Gasteiger charge is 2.23. The van der Waals surface area contributed by atoms with Crippen LogP contribution in [0.4, 0.5) is 0 Å². The maximum atomic E-state index is 12.8. The number of nitrogens with one attached hydrogen (secondary N) is 2. The lowest BCUT2D eigenvalue weighted by atomic mass is 10.1. The van der Waals surface area contributed by atoms with Crippen molar-refractivity contribution in [3.8, 4) is 5.75 Å². The minimum Gasteiger partial charge on any atom is -0.496 e. The van der Waals surface area contributed by atoms with Crippen LogP contribution in [0.2, 0.25) is 0 Å². The quantitative estimate of drug-likeness (QED) is 0.331. The number of rotatable bonds is 3. The van der Waals surface area contributed by atoms with E-state index >= 15 is 0 Å². The Labute approximate surface area is 143 Å². The summed E-state index contributed by atoms with van der Waals surface area (Å²) in [4.78, 5) is 20.0. The first-order chi connectivity index (χ1) is 11.5. The first kappa shape index (κ1) is 16.1. The molecule has 0 bridgehead atoms. The number of hydrogen-bond acceptors (Lipinski definition) is 5. The second-order valence-corrected chi connectivity index (χ2v) is 5.80. The second kappa shape index (κ2) is 6.01. The highest BCUT2D eigenvalue weighted by Crippen LogP contribution is 2.25. The van der Waals surface area contributed by atoms with Crippen LogP contribution in [-0.4, -0.2) is 33.3 Å². The Hall–Kier alpha value is -2.80. The average Bonchev–Trinajstić information content (AvgIpc) is 2.90. The number of Topliss-reactive ketones (excluding diaryl/α,β-unsaturated/α-hetero) is 1. The van der Waals surface area contributed by atoms with Gasteiger partial charge in [-0.25, -0.2) is 0 Å². The number of ketones is 1. The van der Waals surface area contributed by atoms with Gasteiger partial charge in [-0.2, -0.15) is 0 Å². The maximum absolute atomic E-state index is 12.8. The summed E-state index contributed by atoms with van der Waals surface area (Å²) in [6.07, 6.45) is 1.57. The summed E-state index contributed by atoms with van der Waals surface area (Å²) in [5.74, 6) is -0.158. The van der Waals surface area contributed by atoms with Gasteiger partial charge in [0.05, 0.1) is 18.1 Å². The van der Waals surface area contributed by atoms with Crippen LogP contribution < -0.4 is 4.74 Å². The number of aromatic nitrogens is 3. The molecule has 0 spiro atoms. The van der Waals surface area contributed by atoms with Crippen molar-refractivity contribution in [2.75, 3.05) is 7.11 Å². The molecule has 1 aromatic carbocycles. The van der Waals surface area contributed by atoms with E-state index in [1.54, 1.807) is 26.3 Å². The Balaban J connectivity index is 2.12. The van der Waals surface area contributed by atoms with Crippen LogP contribution in [0.5, 0.6) is 5.75 Å². The number of hydrogen-bond donors (Lipinski definition) is 2. The van der Waals surface area contributed by atoms with Gasteiger partial charge in [0.1, 0.15) is 11.4 Å². The number of benzene rings is 1. The van der Waals surface area contributed by atoms with Gasteiger partial charge in [-0.15, -0.1) is 0 Å². The zero-order valence-electron chi connectivity index (χ0n) is 13.5. The van der Waals surface area contributed by atoms with Crippen molar-refractivity contribution in [3.05, 3.63) is 52.1 Å². The van der Waals surface area contributed by atoms with Crippen LogP contribution in [0.15, 0.2) is 30.5 Å². The molecular formula is C17H16N4O2S. The highest BCUT2D eigenvalue weighted by atomic mass is 32.1. The Bertz CT molecular complexity index is 1030. The number of carbonyl (C=O) groups excluding carboxylic acids is 1. The van der Waals surface area contributed by atoms with Crippen LogP contribution in [0, 0.1) is 24.0 Å². The second-order valence-electron chi connectivity index (χ2n) is 5.41. The van der Waals surface area contributed by atoms with E-state index in [-0.39, 0.29) is 11.5 Å². The Morgan fingerprint density at radius 2 is 2.04 bits per heavy atom. The molecule has 0 radical (unpaired) electrons. The minimum atomic E-state index is -0.508. The number of pyridine rings is 1. The highest BCUT2D eigenvalue weighted by molar-refractivity contribution is 7.71. The van der Waals surface area contributed by atoms with Crippen molar-refractivity contribution in [1.82, 2.24) is 14.5 Å². The standard InChI is InChI=1S/C17H16N4O2S/c1-9-8-19-13(10(2)15(9)23-3)14(22)16(18)21-12-7-5-4-6-11(12)20-17(21)24/h4-8,18H,1-3H3,(H,20,24). The molecule has 7 heteroatoms. The third kappa shape index (κ3) is 2.43. The molecule has 6 nitrogen and oxygen atoms in total. The van der Waals surface area contributed by atoms with Gasteiger partial charge in [0.15, 0.2) is 10.6 Å². The topological polar surface area (TPSA) is 83.8 Å². The third-order valence-electron chi connectivity index (χ3n) is 3.89. The van der Waals surface area contributed by atoms with Gasteiger partial charge in [-0.05, 0) is 38.2 Å². The molecule has 0 aliphatic heterocycles. The number of carbonyl (C=O) groups is 1. The van der Waals surface area contributed by atoms with E-state index in [0.29, 0.717) is 21.6 Å². The van der Waals surface area contributed by atoms with Crippen molar-refractivity contribution in [2.45, 2.75) is 13.8 Å². The molecule has 24 heavy (non-hydrogen) atoms. The summed E-state index contributed by atoms with van der Waals surface area (Å²) in [5.41, 5.74) is 3.08. The van der Waals surface area contributed by atoms with Gasteiger partial charge in [-0.3, -0.25) is 19.8 Å². The maximum Gasteiger partial charge on any atom is 0.246 e. The molecule has 2 aromatic heterocycles. The summed E-state index contributed by atoms with van der Waals surface area (Å²) in [6.45, 7) is 3.61. The van der Waals surface area contributed by atoms with E-state index in [2.05, 4.69) is 9.97 Å². The lowest BCUT2D eigenvalue weighted by Gasteiger charge is -2.12. The Morgan fingerprint density at radius 3 is 2.75 bits per heavy atom. The molecule has 0 aliphatic rings. The van der Waals surface area contributed by atoms with E-state index in [0.717, 1.165) is 11.1 Å². The molecule has 0 amide bonds. The fraction of sp³-hybridized carbons (Fsp3) is 0.176. The fourth-order valence-corrected chi connectivity index (χ4v) is 3.05. The van der Waals surface area contributed by atoms with Gasteiger partial charge in [0.2, 0.25) is 5.78 Å².